The molecular formula is C31H28N2O5. The van der Waals surface area contributed by atoms with E-state index in [1.165, 1.54) is 0 Å². The van der Waals surface area contributed by atoms with Crippen LogP contribution in [0.4, 0.5) is 0 Å². The summed E-state index contributed by atoms with van der Waals surface area (Å²) in [5.74, 6) is 6.06. The molecule has 0 radical (unpaired) electrons. The van der Waals surface area contributed by atoms with E-state index in [0.717, 1.165) is 33.7 Å². The number of carboxylic acids is 1. The second-order valence-electron chi connectivity index (χ2n) is 8.61. The van der Waals surface area contributed by atoms with Gasteiger partial charge >= 0.3 is 5.97 Å². The Bertz CT molecular complexity index is 1450. The summed E-state index contributed by atoms with van der Waals surface area (Å²) in [6, 6.07) is 24.4. The van der Waals surface area contributed by atoms with Gasteiger partial charge in [0.15, 0.2) is 0 Å². The third-order valence-corrected chi connectivity index (χ3v) is 5.84. The van der Waals surface area contributed by atoms with Crippen molar-refractivity contribution < 1.29 is 23.8 Å². The van der Waals surface area contributed by atoms with Crippen LogP contribution < -0.4 is 10.1 Å². The molecule has 0 spiro atoms. The van der Waals surface area contributed by atoms with Crippen LogP contribution in [0.25, 0.3) is 11.5 Å². The Morgan fingerprint density at radius 1 is 0.974 bits per heavy atom. The molecule has 0 unspecified atom stereocenters. The van der Waals surface area contributed by atoms with Crippen molar-refractivity contribution in [2.75, 3.05) is 6.61 Å². The molecule has 0 saturated carbocycles. The first-order valence-corrected chi connectivity index (χ1v) is 12.3. The average molecular weight is 509 g/mol. The first-order valence-electron chi connectivity index (χ1n) is 12.3. The highest BCUT2D eigenvalue weighted by Gasteiger charge is 2.12. The molecule has 7 heteroatoms. The molecule has 3 aromatic carbocycles. The predicted octanol–water partition coefficient (Wildman–Crippen LogP) is 4.96. The summed E-state index contributed by atoms with van der Waals surface area (Å²) in [5, 5.41) is 11.9. The van der Waals surface area contributed by atoms with Gasteiger partial charge < -0.3 is 19.6 Å². The largest absolute Gasteiger partial charge is 0.493 e. The number of rotatable bonds is 10. The molecule has 4 rings (SSSR count). The Kier molecular flexibility index (Phi) is 8.93. The lowest BCUT2D eigenvalue weighted by atomic mass is 10.0. The van der Waals surface area contributed by atoms with E-state index in [1.54, 1.807) is 0 Å². The number of carboxylic acid groups (broad SMARTS) is 1. The number of ether oxygens (including phenoxy) is 1. The molecule has 4 aromatic rings. The van der Waals surface area contributed by atoms with E-state index in [1.807, 2.05) is 85.8 Å². The van der Waals surface area contributed by atoms with Crippen LogP contribution in [0.15, 0.2) is 83.3 Å². The number of oxazole rings is 1. The fraction of sp³-hybridized carbons (Fsp3) is 0.194. The van der Waals surface area contributed by atoms with Gasteiger partial charge in [-0.3, -0.25) is 9.59 Å². The van der Waals surface area contributed by atoms with E-state index in [2.05, 4.69) is 22.1 Å². The van der Waals surface area contributed by atoms with Crippen LogP contribution in [-0.4, -0.2) is 28.6 Å². The second kappa shape index (κ2) is 12.9. The van der Waals surface area contributed by atoms with Gasteiger partial charge in [-0.05, 0) is 60.9 Å². The minimum atomic E-state index is -0.883. The Morgan fingerprint density at radius 3 is 2.45 bits per heavy atom. The van der Waals surface area contributed by atoms with Crippen molar-refractivity contribution >= 4 is 11.9 Å². The van der Waals surface area contributed by atoms with E-state index in [9.17, 15) is 9.59 Å². The van der Waals surface area contributed by atoms with Crippen molar-refractivity contribution in [3.8, 4) is 29.0 Å². The van der Waals surface area contributed by atoms with Crippen LogP contribution in [0.3, 0.4) is 0 Å². The molecule has 7 nitrogen and oxygen atoms in total. The van der Waals surface area contributed by atoms with Crippen LogP contribution in [0.1, 0.15) is 34.6 Å². The van der Waals surface area contributed by atoms with Crippen LogP contribution in [0.5, 0.6) is 5.75 Å². The zero-order valence-corrected chi connectivity index (χ0v) is 21.1. The summed E-state index contributed by atoms with van der Waals surface area (Å²) in [6.07, 6.45) is 0.894. The molecule has 0 atom stereocenters. The number of hydrogen-bond donors (Lipinski definition) is 2. The highest BCUT2D eigenvalue weighted by Crippen LogP contribution is 2.23. The van der Waals surface area contributed by atoms with Gasteiger partial charge in [0.2, 0.25) is 5.89 Å². The number of carbonyl (C=O) groups excluding carboxylic acids is 1. The molecule has 0 aliphatic rings. The topological polar surface area (TPSA) is 102 Å². The van der Waals surface area contributed by atoms with Gasteiger partial charge in [0.1, 0.15) is 11.5 Å². The fourth-order valence-electron chi connectivity index (χ4n) is 3.84. The summed E-state index contributed by atoms with van der Waals surface area (Å²) >= 11 is 0. The predicted molar refractivity (Wildman–Crippen MR) is 143 cm³/mol. The lowest BCUT2D eigenvalue weighted by Crippen LogP contribution is -2.21. The maximum absolute atomic E-state index is 12.3. The number of aryl methyl sites for hydroxylation is 2. The molecule has 0 saturated heterocycles. The molecular weight excluding hydrogens is 480 g/mol. The molecule has 2 N–H and O–H groups in total. The molecule has 1 amide bonds. The van der Waals surface area contributed by atoms with Gasteiger partial charge in [-0.1, -0.05) is 48.4 Å². The van der Waals surface area contributed by atoms with Crippen molar-refractivity contribution in [1.82, 2.24) is 10.3 Å². The molecule has 0 fully saturated rings. The zero-order valence-electron chi connectivity index (χ0n) is 21.1. The van der Waals surface area contributed by atoms with Gasteiger partial charge in [-0.25, -0.2) is 4.98 Å². The van der Waals surface area contributed by atoms with E-state index in [4.69, 9.17) is 14.3 Å². The number of nitrogens with zero attached hydrogens (tertiary/aromatic N) is 1. The maximum atomic E-state index is 12.3. The van der Waals surface area contributed by atoms with Crippen molar-refractivity contribution in [1.29, 1.82) is 0 Å². The highest BCUT2D eigenvalue weighted by molar-refractivity contribution is 5.94. The number of benzene rings is 3. The standard InChI is InChI=1S/C31H28N2O5/c1-22-28(33-31(38-22)25-10-6-3-7-11-25)18-19-37-27-15-13-24(14-17-30(35)36)26(20-27)21-32-29(34)16-12-23-8-4-2-5-9-23/h2-11,13,15,20H,14,17-19,21H2,1H3,(H,32,34)(H,35,36). The third-order valence-electron chi connectivity index (χ3n) is 5.84. The SMILES string of the molecule is Cc1oc(-c2ccccc2)nc1CCOc1ccc(CCC(=O)O)c(CNC(=O)C#Cc2ccccc2)c1. The summed E-state index contributed by atoms with van der Waals surface area (Å²) in [4.78, 5) is 28.0. The monoisotopic (exact) mass is 508 g/mol. The van der Waals surface area contributed by atoms with Gasteiger partial charge in [-0.15, -0.1) is 0 Å². The van der Waals surface area contributed by atoms with Crippen LogP contribution in [0, 0.1) is 18.8 Å². The number of carbonyl (C=O) groups is 2. The van der Waals surface area contributed by atoms with Gasteiger partial charge in [0.25, 0.3) is 5.91 Å². The Labute approximate surface area is 221 Å². The van der Waals surface area contributed by atoms with Crippen molar-refractivity contribution in [3.05, 3.63) is 107 Å². The number of hydrogen-bond acceptors (Lipinski definition) is 5. The van der Waals surface area contributed by atoms with Gasteiger partial charge in [-0.2, -0.15) is 0 Å². The first kappa shape index (κ1) is 26.2. The average Bonchev–Trinajstić information content (AvgIpc) is 3.31. The quantitative estimate of drug-likeness (QED) is 0.294. The molecule has 0 aliphatic carbocycles. The highest BCUT2D eigenvalue weighted by atomic mass is 16.5. The second-order valence-corrected chi connectivity index (χ2v) is 8.61. The maximum Gasteiger partial charge on any atom is 0.303 e. The van der Waals surface area contributed by atoms with Crippen LogP contribution in [-0.2, 0) is 29.0 Å². The minimum Gasteiger partial charge on any atom is -0.493 e. The first-order chi connectivity index (χ1) is 18.5. The summed E-state index contributed by atoms with van der Waals surface area (Å²) in [6.45, 7) is 2.47. The minimum absolute atomic E-state index is 0.00978. The lowest BCUT2D eigenvalue weighted by Gasteiger charge is -2.12. The fourth-order valence-corrected chi connectivity index (χ4v) is 3.84. The van der Waals surface area contributed by atoms with E-state index < -0.39 is 11.9 Å². The van der Waals surface area contributed by atoms with Crippen molar-refractivity contribution in [3.63, 3.8) is 0 Å². The molecule has 0 aliphatic heterocycles. The molecule has 0 bridgehead atoms. The molecule has 192 valence electrons. The summed E-state index contributed by atoms with van der Waals surface area (Å²) in [5.41, 5.74) is 4.10. The zero-order chi connectivity index (χ0) is 26.7. The van der Waals surface area contributed by atoms with Crippen LogP contribution in [0.2, 0.25) is 0 Å². The van der Waals surface area contributed by atoms with Gasteiger partial charge in [0, 0.05) is 36.4 Å². The summed E-state index contributed by atoms with van der Waals surface area (Å²) < 4.78 is 11.8. The normalized spacial score (nSPS) is 10.3. The Hall–Kier alpha value is -4.83. The smallest absolute Gasteiger partial charge is 0.303 e. The number of aliphatic carboxylic acids is 1. The summed E-state index contributed by atoms with van der Waals surface area (Å²) in [7, 11) is 0. The lowest BCUT2D eigenvalue weighted by molar-refractivity contribution is -0.137. The number of nitrogens with one attached hydrogen (secondary N) is 1. The van der Waals surface area contributed by atoms with E-state index in [0.29, 0.717) is 31.1 Å². The van der Waals surface area contributed by atoms with Crippen LogP contribution >= 0.6 is 0 Å². The van der Waals surface area contributed by atoms with E-state index in [-0.39, 0.29) is 13.0 Å². The molecule has 38 heavy (non-hydrogen) atoms. The van der Waals surface area contributed by atoms with Crippen molar-refractivity contribution in [2.24, 2.45) is 0 Å². The van der Waals surface area contributed by atoms with Gasteiger partial charge in [0.05, 0.1) is 12.3 Å². The third kappa shape index (κ3) is 7.58. The Morgan fingerprint density at radius 2 is 1.71 bits per heavy atom. The number of aromatic nitrogens is 1. The Balaban J connectivity index is 1.39. The molecule has 1 aromatic heterocycles. The van der Waals surface area contributed by atoms with Crippen molar-refractivity contribution in [2.45, 2.75) is 32.7 Å². The molecule has 1 heterocycles. The van der Waals surface area contributed by atoms with E-state index >= 15 is 0 Å². The number of amides is 1.